The molecular weight excluding hydrogens is 278 g/mol. The first kappa shape index (κ1) is 11.7. The highest BCUT2D eigenvalue weighted by atomic mass is 79.9. The van der Waals surface area contributed by atoms with Crippen LogP contribution >= 0.6 is 15.9 Å². The first-order valence-electron chi connectivity index (χ1n) is 6.46. The normalized spacial score (nSPS) is 27.4. The molecule has 2 nitrogen and oxygen atoms in total. The van der Waals surface area contributed by atoms with E-state index in [0.717, 1.165) is 13.2 Å². The lowest BCUT2D eigenvalue weighted by Gasteiger charge is -2.17. The second-order valence-electron chi connectivity index (χ2n) is 4.98. The van der Waals surface area contributed by atoms with Crippen LogP contribution in [0.4, 0.5) is 0 Å². The van der Waals surface area contributed by atoms with Crippen molar-refractivity contribution in [2.24, 2.45) is 0 Å². The van der Waals surface area contributed by atoms with E-state index < -0.39 is 0 Å². The molecule has 3 rings (SSSR count). The minimum absolute atomic E-state index is 0.439. The maximum atomic E-state index is 5.65. The maximum Gasteiger partial charge on any atom is 0.0700 e. The van der Waals surface area contributed by atoms with Crippen LogP contribution in [0.25, 0.3) is 0 Å². The van der Waals surface area contributed by atoms with E-state index in [1.807, 2.05) is 0 Å². The minimum atomic E-state index is 0.439. The lowest BCUT2D eigenvalue weighted by Crippen LogP contribution is -2.29. The predicted molar refractivity (Wildman–Crippen MR) is 72.2 cm³/mol. The zero-order valence-electron chi connectivity index (χ0n) is 9.92. The molecular formula is C14H18BrNO. The van der Waals surface area contributed by atoms with Crippen LogP contribution in [-0.2, 0) is 11.2 Å². The molecule has 1 aromatic rings. The Morgan fingerprint density at radius 3 is 3.12 bits per heavy atom. The van der Waals surface area contributed by atoms with Gasteiger partial charge >= 0.3 is 0 Å². The zero-order valence-corrected chi connectivity index (χ0v) is 11.5. The summed E-state index contributed by atoms with van der Waals surface area (Å²) in [6.07, 6.45) is 5.29. The molecule has 17 heavy (non-hydrogen) atoms. The summed E-state index contributed by atoms with van der Waals surface area (Å²) in [6.45, 7) is 1.95. The van der Waals surface area contributed by atoms with Gasteiger partial charge in [0.15, 0.2) is 0 Å². The summed E-state index contributed by atoms with van der Waals surface area (Å²) in [7, 11) is 0. The van der Waals surface area contributed by atoms with Crippen LogP contribution in [0.5, 0.6) is 0 Å². The van der Waals surface area contributed by atoms with E-state index in [4.69, 9.17) is 4.74 Å². The van der Waals surface area contributed by atoms with E-state index in [1.54, 1.807) is 0 Å². The Hall–Kier alpha value is -0.380. The number of hydrogen-bond acceptors (Lipinski definition) is 2. The van der Waals surface area contributed by atoms with Crippen molar-refractivity contribution in [2.45, 2.75) is 37.8 Å². The van der Waals surface area contributed by atoms with Crippen molar-refractivity contribution in [3.8, 4) is 0 Å². The number of nitrogens with one attached hydrogen (secondary N) is 1. The van der Waals surface area contributed by atoms with Crippen molar-refractivity contribution < 1.29 is 4.74 Å². The highest BCUT2D eigenvalue weighted by Gasteiger charge is 2.24. The second-order valence-corrected chi connectivity index (χ2v) is 5.89. The van der Waals surface area contributed by atoms with Crippen molar-refractivity contribution in [3.63, 3.8) is 0 Å². The van der Waals surface area contributed by atoms with Crippen LogP contribution in [0.1, 0.15) is 36.4 Å². The van der Waals surface area contributed by atoms with Crippen LogP contribution < -0.4 is 5.32 Å². The summed E-state index contributed by atoms with van der Waals surface area (Å²) >= 11 is 3.54. The molecule has 2 unspecified atom stereocenters. The topological polar surface area (TPSA) is 21.3 Å². The van der Waals surface area contributed by atoms with Crippen molar-refractivity contribution >= 4 is 15.9 Å². The van der Waals surface area contributed by atoms with Gasteiger partial charge in [-0.05, 0) is 48.9 Å². The fourth-order valence-corrected chi connectivity index (χ4v) is 3.29. The Bertz CT molecular complexity index is 401. The third-order valence-corrected chi connectivity index (χ3v) is 4.29. The van der Waals surface area contributed by atoms with Crippen molar-refractivity contribution in [3.05, 3.63) is 33.8 Å². The van der Waals surface area contributed by atoms with Gasteiger partial charge in [0, 0.05) is 23.7 Å². The summed E-state index contributed by atoms with van der Waals surface area (Å²) < 4.78 is 6.84. The highest BCUT2D eigenvalue weighted by Crippen LogP contribution is 2.33. The molecule has 92 valence electrons. The molecule has 3 heteroatoms. The van der Waals surface area contributed by atoms with Crippen LogP contribution in [0.15, 0.2) is 22.7 Å². The molecule has 2 aliphatic rings. The lowest BCUT2D eigenvalue weighted by atomic mass is 10.1. The van der Waals surface area contributed by atoms with Gasteiger partial charge in [0.2, 0.25) is 0 Å². The summed E-state index contributed by atoms with van der Waals surface area (Å²) in [6, 6.07) is 7.18. The Morgan fingerprint density at radius 1 is 1.35 bits per heavy atom. The van der Waals surface area contributed by atoms with Crippen LogP contribution in [0, 0.1) is 0 Å². The lowest BCUT2D eigenvalue weighted by molar-refractivity contribution is 0.107. The summed E-state index contributed by atoms with van der Waals surface area (Å²) in [5.41, 5.74) is 2.97. The third kappa shape index (κ3) is 2.56. The largest absolute Gasteiger partial charge is 0.377 e. The van der Waals surface area contributed by atoms with Crippen LogP contribution in [-0.4, -0.2) is 19.3 Å². The second kappa shape index (κ2) is 5.09. The Balaban J connectivity index is 1.63. The molecule has 0 saturated carbocycles. The van der Waals surface area contributed by atoms with Gasteiger partial charge in [-0.25, -0.2) is 0 Å². The fraction of sp³-hybridized carbons (Fsp3) is 0.571. The van der Waals surface area contributed by atoms with Gasteiger partial charge < -0.3 is 10.1 Å². The average molecular weight is 296 g/mol. The highest BCUT2D eigenvalue weighted by molar-refractivity contribution is 9.10. The van der Waals surface area contributed by atoms with Gasteiger partial charge in [-0.2, -0.15) is 0 Å². The number of ether oxygens (including phenoxy) is 1. The average Bonchev–Trinajstić information content (AvgIpc) is 2.94. The molecule has 2 atom stereocenters. The van der Waals surface area contributed by atoms with Crippen LogP contribution in [0.3, 0.4) is 0 Å². The molecule has 0 amide bonds. The monoisotopic (exact) mass is 295 g/mol. The molecule has 1 N–H and O–H groups in total. The van der Waals surface area contributed by atoms with Gasteiger partial charge in [0.05, 0.1) is 6.10 Å². The van der Waals surface area contributed by atoms with E-state index in [1.165, 1.54) is 41.3 Å². The molecule has 0 radical (unpaired) electrons. The Kier molecular flexibility index (Phi) is 3.50. The molecule has 0 spiro atoms. The third-order valence-electron chi connectivity index (χ3n) is 3.80. The maximum absolute atomic E-state index is 5.65. The van der Waals surface area contributed by atoms with E-state index in [0.29, 0.717) is 12.1 Å². The molecule has 1 aliphatic heterocycles. The van der Waals surface area contributed by atoms with Gasteiger partial charge in [-0.1, -0.05) is 22.0 Å². The summed E-state index contributed by atoms with van der Waals surface area (Å²) in [5.74, 6) is 0. The molecule has 0 aromatic heterocycles. The predicted octanol–water partition coefficient (Wildman–Crippen LogP) is 3.21. The van der Waals surface area contributed by atoms with Crippen molar-refractivity contribution in [1.29, 1.82) is 0 Å². The van der Waals surface area contributed by atoms with E-state index >= 15 is 0 Å². The molecule has 1 saturated heterocycles. The van der Waals surface area contributed by atoms with Crippen LogP contribution in [0.2, 0.25) is 0 Å². The fourth-order valence-electron chi connectivity index (χ4n) is 2.88. The number of aryl methyl sites for hydroxylation is 1. The molecule has 1 aliphatic carbocycles. The SMILES string of the molecule is Brc1ccc2c(c1)CCC2NCC1CCCO1. The number of benzene rings is 1. The molecule has 1 aromatic carbocycles. The quantitative estimate of drug-likeness (QED) is 0.925. The molecule has 1 fully saturated rings. The van der Waals surface area contributed by atoms with E-state index in [9.17, 15) is 0 Å². The number of fused-ring (bicyclic) bond motifs is 1. The standard InChI is InChI=1S/C14H18BrNO/c15-11-4-5-13-10(8-11)3-6-14(13)16-9-12-2-1-7-17-12/h4-5,8,12,14,16H,1-3,6-7,9H2. The van der Waals surface area contributed by atoms with Gasteiger partial charge in [0.25, 0.3) is 0 Å². The minimum Gasteiger partial charge on any atom is -0.377 e. The van der Waals surface area contributed by atoms with Crippen molar-refractivity contribution in [1.82, 2.24) is 5.32 Å². The Morgan fingerprint density at radius 2 is 2.29 bits per heavy atom. The van der Waals surface area contributed by atoms with Gasteiger partial charge in [0.1, 0.15) is 0 Å². The van der Waals surface area contributed by atoms with Gasteiger partial charge in [-0.15, -0.1) is 0 Å². The Labute approximate surface area is 111 Å². The zero-order chi connectivity index (χ0) is 11.7. The van der Waals surface area contributed by atoms with Crippen molar-refractivity contribution in [2.75, 3.05) is 13.2 Å². The first-order chi connectivity index (χ1) is 8.33. The van der Waals surface area contributed by atoms with E-state index in [2.05, 4.69) is 39.4 Å². The molecule has 1 heterocycles. The smallest absolute Gasteiger partial charge is 0.0700 e. The van der Waals surface area contributed by atoms with Gasteiger partial charge in [-0.3, -0.25) is 0 Å². The number of rotatable bonds is 3. The first-order valence-corrected chi connectivity index (χ1v) is 7.25. The number of halogens is 1. The van der Waals surface area contributed by atoms with E-state index in [-0.39, 0.29) is 0 Å². The summed E-state index contributed by atoms with van der Waals surface area (Å²) in [5, 5.41) is 3.66. The number of hydrogen-bond donors (Lipinski definition) is 1. The summed E-state index contributed by atoms with van der Waals surface area (Å²) in [4.78, 5) is 0. The molecule has 0 bridgehead atoms.